The van der Waals surface area contributed by atoms with Crippen molar-refractivity contribution in [2.75, 3.05) is 20.3 Å². The van der Waals surface area contributed by atoms with Crippen LogP contribution in [-0.4, -0.2) is 31.3 Å². The quantitative estimate of drug-likeness (QED) is 0.776. The highest BCUT2D eigenvalue weighted by Crippen LogP contribution is 2.37. The molecule has 0 saturated carbocycles. The molecule has 0 fully saturated rings. The number of methoxy groups -OCH3 is 1. The largest absolute Gasteiger partial charge is 0.480 e. The zero-order chi connectivity index (χ0) is 13.2. The van der Waals surface area contributed by atoms with E-state index >= 15 is 0 Å². The first kappa shape index (κ1) is 13.1. The molecule has 1 atom stereocenters. The molecule has 1 aliphatic carbocycles. The van der Waals surface area contributed by atoms with Crippen LogP contribution in [0.5, 0.6) is 0 Å². The molecule has 0 spiro atoms. The monoisotopic (exact) mass is 249 g/mol. The van der Waals surface area contributed by atoms with Crippen molar-refractivity contribution in [2.24, 2.45) is 0 Å². The van der Waals surface area contributed by atoms with Gasteiger partial charge in [-0.2, -0.15) is 0 Å². The van der Waals surface area contributed by atoms with Gasteiger partial charge in [0.2, 0.25) is 0 Å². The highest BCUT2D eigenvalue weighted by Gasteiger charge is 2.45. The highest BCUT2D eigenvalue weighted by molar-refractivity contribution is 5.82. The van der Waals surface area contributed by atoms with Crippen LogP contribution in [0.3, 0.4) is 0 Å². The van der Waals surface area contributed by atoms with Crippen molar-refractivity contribution in [3.05, 3.63) is 34.9 Å². The smallest absolute Gasteiger partial charge is 0.328 e. The maximum absolute atomic E-state index is 11.7. The summed E-state index contributed by atoms with van der Waals surface area (Å²) in [6, 6.07) is 6.05. The Bertz CT molecular complexity index is 458. The van der Waals surface area contributed by atoms with Gasteiger partial charge in [-0.15, -0.1) is 0 Å². The lowest BCUT2D eigenvalue weighted by Crippen LogP contribution is -2.48. The number of fused-ring (bicyclic) bond motifs is 1. The molecule has 0 amide bonds. The number of aryl methyl sites for hydroxylation is 2. The first-order valence-corrected chi connectivity index (χ1v) is 6.17. The molecule has 0 aliphatic heterocycles. The van der Waals surface area contributed by atoms with Gasteiger partial charge in [-0.25, -0.2) is 4.79 Å². The topological polar surface area (TPSA) is 58.6 Å². The van der Waals surface area contributed by atoms with Gasteiger partial charge in [0, 0.05) is 13.7 Å². The van der Waals surface area contributed by atoms with Crippen LogP contribution in [-0.2, 0) is 21.5 Å². The third kappa shape index (κ3) is 2.13. The van der Waals surface area contributed by atoms with Crippen molar-refractivity contribution >= 4 is 5.97 Å². The number of nitrogens with one attached hydrogen (secondary N) is 1. The Morgan fingerprint density at radius 2 is 2.33 bits per heavy atom. The maximum atomic E-state index is 11.7. The molecule has 1 aromatic carbocycles. The van der Waals surface area contributed by atoms with Crippen LogP contribution in [0.15, 0.2) is 18.2 Å². The molecule has 0 bridgehead atoms. The van der Waals surface area contributed by atoms with E-state index in [1.54, 1.807) is 7.11 Å². The van der Waals surface area contributed by atoms with Crippen LogP contribution in [0.2, 0.25) is 0 Å². The summed E-state index contributed by atoms with van der Waals surface area (Å²) in [5.41, 5.74) is 2.19. The predicted molar refractivity (Wildman–Crippen MR) is 68.7 cm³/mol. The Balaban J connectivity index is 2.34. The molecule has 0 radical (unpaired) electrons. The number of benzene rings is 1. The van der Waals surface area contributed by atoms with Gasteiger partial charge in [0.05, 0.1) is 6.61 Å². The average Bonchev–Trinajstić information content (AvgIpc) is 2.69. The summed E-state index contributed by atoms with van der Waals surface area (Å²) in [7, 11) is 1.61. The summed E-state index contributed by atoms with van der Waals surface area (Å²) < 4.78 is 4.98. The van der Waals surface area contributed by atoms with E-state index in [1.807, 2.05) is 25.1 Å². The van der Waals surface area contributed by atoms with E-state index < -0.39 is 11.5 Å². The molecule has 0 heterocycles. The summed E-state index contributed by atoms with van der Waals surface area (Å²) in [4.78, 5) is 11.7. The number of aliphatic carboxylic acids is 1. The molecule has 0 aromatic heterocycles. The van der Waals surface area contributed by atoms with Crippen molar-refractivity contribution in [3.8, 4) is 0 Å². The molecule has 2 rings (SSSR count). The summed E-state index contributed by atoms with van der Waals surface area (Å²) in [5, 5.41) is 12.8. The van der Waals surface area contributed by atoms with Crippen LogP contribution < -0.4 is 5.32 Å². The Morgan fingerprint density at radius 3 is 3.00 bits per heavy atom. The van der Waals surface area contributed by atoms with Gasteiger partial charge in [-0.3, -0.25) is 5.32 Å². The maximum Gasteiger partial charge on any atom is 0.328 e. The molecular weight excluding hydrogens is 230 g/mol. The Labute approximate surface area is 107 Å². The standard InChI is InChI=1S/C14H19NO3/c1-10-3-4-11-5-6-14(13(16)17,12(11)9-10)15-7-8-18-2/h3-4,9,15H,5-8H2,1-2H3,(H,16,17). The predicted octanol–water partition coefficient (Wildman–Crippen LogP) is 1.46. The summed E-state index contributed by atoms with van der Waals surface area (Å²) >= 11 is 0. The van der Waals surface area contributed by atoms with Crippen LogP contribution in [0, 0.1) is 6.92 Å². The lowest BCUT2D eigenvalue weighted by molar-refractivity contribution is -0.145. The van der Waals surface area contributed by atoms with E-state index in [9.17, 15) is 9.90 Å². The van der Waals surface area contributed by atoms with Gasteiger partial charge in [0.1, 0.15) is 5.54 Å². The fourth-order valence-electron chi connectivity index (χ4n) is 2.61. The molecule has 1 aromatic rings. The number of hydrogen-bond donors (Lipinski definition) is 2. The van der Waals surface area contributed by atoms with Crippen molar-refractivity contribution in [1.82, 2.24) is 5.32 Å². The zero-order valence-corrected chi connectivity index (χ0v) is 10.8. The fraction of sp³-hybridized carbons (Fsp3) is 0.500. The minimum absolute atomic E-state index is 0.510. The van der Waals surface area contributed by atoms with Crippen LogP contribution >= 0.6 is 0 Å². The van der Waals surface area contributed by atoms with E-state index in [-0.39, 0.29) is 0 Å². The lowest BCUT2D eigenvalue weighted by atomic mass is 9.91. The third-order valence-electron chi connectivity index (χ3n) is 3.59. The molecule has 0 saturated heterocycles. The number of carboxylic acid groups (broad SMARTS) is 1. The second kappa shape index (κ2) is 5.08. The average molecular weight is 249 g/mol. The van der Waals surface area contributed by atoms with Gasteiger partial charge in [0.15, 0.2) is 0 Å². The Morgan fingerprint density at radius 1 is 1.56 bits per heavy atom. The molecule has 4 heteroatoms. The van der Waals surface area contributed by atoms with Crippen LogP contribution in [0.1, 0.15) is 23.1 Å². The van der Waals surface area contributed by atoms with Gasteiger partial charge in [-0.05, 0) is 30.9 Å². The van der Waals surface area contributed by atoms with Crippen LogP contribution in [0.4, 0.5) is 0 Å². The molecule has 4 nitrogen and oxygen atoms in total. The first-order valence-electron chi connectivity index (χ1n) is 6.17. The van der Waals surface area contributed by atoms with E-state index in [2.05, 4.69) is 5.32 Å². The summed E-state index contributed by atoms with van der Waals surface area (Å²) in [6.07, 6.45) is 1.41. The summed E-state index contributed by atoms with van der Waals surface area (Å²) in [6.45, 7) is 3.03. The SMILES string of the molecule is COCCNC1(C(=O)O)CCc2ccc(C)cc21. The second-order valence-electron chi connectivity index (χ2n) is 4.79. The van der Waals surface area contributed by atoms with E-state index in [1.165, 1.54) is 0 Å². The normalized spacial score (nSPS) is 21.9. The molecule has 1 unspecified atom stereocenters. The molecule has 18 heavy (non-hydrogen) atoms. The van der Waals surface area contributed by atoms with Gasteiger partial charge < -0.3 is 9.84 Å². The second-order valence-corrected chi connectivity index (χ2v) is 4.79. The number of ether oxygens (including phenoxy) is 1. The van der Waals surface area contributed by atoms with Gasteiger partial charge in [0.25, 0.3) is 0 Å². The Hall–Kier alpha value is -1.39. The minimum Gasteiger partial charge on any atom is -0.480 e. The first-order chi connectivity index (χ1) is 8.60. The summed E-state index contributed by atoms with van der Waals surface area (Å²) in [5.74, 6) is -0.803. The minimum atomic E-state index is -0.945. The van der Waals surface area contributed by atoms with E-state index in [0.29, 0.717) is 19.6 Å². The van der Waals surface area contributed by atoms with E-state index in [4.69, 9.17) is 4.74 Å². The van der Waals surface area contributed by atoms with Crippen molar-refractivity contribution < 1.29 is 14.6 Å². The lowest BCUT2D eigenvalue weighted by Gasteiger charge is -2.27. The molecule has 98 valence electrons. The van der Waals surface area contributed by atoms with Crippen molar-refractivity contribution in [1.29, 1.82) is 0 Å². The number of carbonyl (C=O) groups is 1. The van der Waals surface area contributed by atoms with Crippen LogP contribution in [0.25, 0.3) is 0 Å². The molecule has 1 aliphatic rings. The molecule has 2 N–H and O–H groups in total. The van der Waals surface area contributed by atoms with Crippen molar-refractivity contribution in [2.45, 2.75) is 25.3 Å². The Kier molecular flexibility index (Phi) is 3.68. The molecular formula is C14H19NO3. The fourth-order valence-corrected chi connectivity index (χ4v) is 2.61. The number of carboxylic acids is 1. The number of hydrogen-bond acceptors (Lipinski definition) is 3. The van der Waals surface area contributed by atoms with E-state index in [0.717, 1.165) is 23.1 Å². The van der Waals surface area contributed by atoms with Gasteiger partial charge in [-0.1, -0.05) is 23.8 Å². The zero-order valence-electron chi connectivity index (χ0n) is 10.8. The third-order valence-corrected chi connectivity index (χ3v) is 3.59. The number of rotatable bonds is 5. The van der Waals surface area contributed by atoms with Gasteiger partial charge >= 0.3 is 5.97 Å². The highest BCUT2D eigenvalue weighted by atomic mass is 16.5. The van der Waals surface area contributed by atoms with Crippen molar-refractivity contribution in [3.63, 3.8) is 0 Å².